The summed E-state index contributed by atoms with van der Waals surface area (Å²) in [6, 6.07) is 14.1. The third kappa shape index (κ3) is 4.79. The molecule has 0 unspecified atom stereocenters. The van der Waals surface area contributed by atoms with E-state index in [0.29, 0.717) is 28.0 Å². The van der Waals surface area contributed by atoms with E-state index in [2.05, 4.69) is 15.8 Å². The minimum absolute atomic E-state index is 0.311. The number of hydrogen-bond acceptors (Lipinski definition) is 2. The Labute approximate surface area is 139 Å². The normalized spacial score (nSPS) is 11.1. The molecule has 6 heteroatoms. The predicted octanol–water partition coefficient (Wildman–Crippen LogP) is 3.87. The van der Waals surface area contributed by atoms with Crippen LogP contribution in [0.3, 0.4) is 0 Å². The Morgan fingerprint density at radius 3 is 2.64 bits per heavy atom. The molecule has 0 aromatic heterocycles. The SMILES string of the molecule is C/C(=N/NC(=S)NCc1ccccc1)c1ccc(F)cc1Cl. The highest BCUT2D eigenvalue weighted by atomic mass is 35.5. The third-order valence-corrected chi connectivity index (χ3v) is 3.49. The molecule has 0 aliphatic rings. The fraction of sp³-hybridized carbons (Fsp3) is 0.125. The summed E-state index contributed by atoms with van der Waals surface area (Å²) in [6.45, 7) is 2.38. The van der Waals surface area contributed by atoms with E-state index in [4.69, 9.17) is 23.8 Å². The van der Waals surface area contributed by atoms with E-state index < -0.39 is 0 Å². The second-order valence-electron chi connectivity index (χ2n) is 4.60. The summed E-state index contributed by atoms with van der Waals surface area (Å²) in [7, 11) is 0. The van der Waals surface area contributed by atoms with Gasteiger partial charge in [0.2, 0.25) is 0 Å². The van der Waals surface area contributed by atoms with E-state index in [0.717, 1.165) is 5.56 Å². The van der Waals surface area contributed by atoms with Crippen LogP contribution in [0.5, 0.6) is 0 Å². The van der Waals surface area contributed by atoms with Crippen molar-refractivity contribution in [2.45, 2.75) is 13.5 Å². The first-order valence-electron chi connectivity index (χ1n) is 6.64. The van der Waals surface area contributed by atoms with Crippen molar-refractivity contribution >= 4 is 34.6 Å². The smallest absolute Gasteiger partial charge is 0.187 e. The molecule has 0 aliphatic heterocycles. The zero-order chi connectivity index (χ0) is 15.9. The maximum Gasteiger partial charge on any atom is 0.187 e. The number of hydrogen-bond donors (Lipinski definition) is 2. The van der Waals surface area contributed by atoms with Crippen molar-refractivity contribution in [1.82, 2.24) is 10.7 Å². The molecule has 0 saturated heterocycles. The van der Waals surface area contributed by atoms with Crippen LogP contribution in [0.15, 0.2) is 53.6 Å². The molecule has 2 aromatic rings. The molecule has 0 heterocycles. The van der Waals surface area contributed by atoms with Gasteiger partial charge in [0.25, 0.3) is 0 Å². The van der Waals surface area contributed by atoms with Crippen LogP contribution in [0, 0.1) is 5.82 Å². The van der Waals surface area contributed by atoms with Gasteiger partial charge in [0.05, 0.1) is 10.7 Å². The highest BCUT2D eigenvalue weighted by molar-refractivity contribution is 7.80. The van der Waals surface area contributed by atoms with Crippen LogP contribution in [0.4, 0.5) is 4.39 Å². The van der Waals surface area contributed by atoms with Gasteiger partial charge < -0.3 is 5.32 Å². The van der Waals surface area contributed by atoms with Crippen LogP contribution in [-0.2, 0) is 6.54 Å². The van der Waals surface area contributed by atoms with Gasteiger partial charge in [0.1, 0.15) is 5.82 Å². The molecule has 2 rings (SSSR count). The first kappa shape index (κ1) is 16.4. The number of benzene rings is 2. The van der Waals surface area contributed by atoms with Gasteiger partial charge in [-0.05, 0) is 42.9 Å². The zero-order valence-corrected chi connectivity index (χ0v) is 13.5. The van der Waals surface area contributed by atoms with Crippen molar-refractivity contribution in [3.8, 4) is 0 Å². The summed E-state index contributed by atoms with van der Waals surface area (Å²) in [5.74, 6) is -0.380. The maximum absolute atomic E-state index is 13.0. The molecule has 0 atom stereocenters. The molecule has 0 saturated carbocycles. The fourth-order valence-electron chi connectivity index (χ4n) is 1.80. The molecule has 114 valence electrons. The van der Waals surface area contributed by atoms with E-state index in [1.54, 1.807) is 13.0 Å². The lowest BCUT2D eigenvalue weighted by atomic mass is 10.1. The average molecular weight is 336 g/mol. The highest BCUT2D eigenvalue weighted by Gasteiger charge is 2.05. The lowest BCUT2D eigenvalue weighted by Gasteiger charge is -2.09. The molecule has 2 aromatic carbocycles. The van der Waals surface area contributed by atoms with Gasteiger partial charge in [-0.2, -0.15) is 5.10 Å². The van der Waals surface area contributed by atoms with E-state index >= 15 is 0 Å². The van der Waals surface area contributed by atoms with Crippen molar-refractivity contribution in [3.05, 3.63) is 70.5 Å². The molecule has 3 nitrogen and oxygen atoms in total. The second kappa shape index (κ2) is 7.87. The Kier molecular flexibility index (Phi) is 5.86. The molecular weight excluding hydrogens is 321 g/mol. The summed E-state index contributed by atoms with van der Waals surface area (Å²) < 4.78 is 13.0. The standard InChI is InChI=1S/C16H15ClFN3S/c1-11(14-8-7-13(18)9-15(14)17)20-21-16(22)19-10-12-5-3-2-4-6-12/h2-9H,10H2,1H3,(H2,19,21,22)/b20-11-. The summed E-state index contributed by atoms with van der Waals surface area (Å²) >= 11 is 11.1. The van der Waals surface area contributed by atoms with Crippen LogP contribution >= 0.6 is 23.8 Å². The number of thiocarbonyl (C=S) groups is 1. The van der Waals surface area contributed by atoms with Crippen LogP contribution in [0.2, 0.25) is 5.02 Å². The highest BCUT2D eigenvalue weighted by Crippen LogP contribution is 2.17. The minimum Gasteiger partial charge on any atom is -0.357 e. The van der Waals surface area contributed by atoms with E-state index in [9.17, 15) is 4.39 Å². The Morgan fingerprint density at radius 2 is 1.95 bits per heavy atom. The third-order valence-electron chi connectivity index (χ3n) is 2.94. The van der Waals surface area contributed by atoms with Crippen LogP contribution in [0.1, 0.15) is 18.1 Å². The number of nitrogens with one attached hydrogen (secondary N) is 2. The molecule has 0 aliphatic carbocycles. The number of halogens is 2. The molecular formula is C16H15ClFN3S. The molecule has 0 amide bonds. The fourth-order valence-corrected chi connectivity index (χ4v) is 2.22. The van der Waals surface area contributed by atoms with Crippen molar-refractivity contribution in [2.75, 3.05) is 0 Å². The van der Waals surface area contributed by atoms with E-state index in [-0.39, 0.29) is 5.82 Å². The van der Waals surface area contributed by atoms with Gasteiger partial charge in [-0.1, -0.05) is 41.9 Å². The Balaban J connectivity index is 1.91. The molecule has 0 fully saturated rings. The lowest BCUT2D eigenvalue weighted by molar-refractivity contribution is 0.628. The number of nitrogens with zero attached hydrogens (tertiary/aromatic N) is 1. The van der Waals surface area contributed by atoms with Gasteiger partial charge in [0.15, 0.2) is 5.11 Å². The molecule has 22 heavy (non-hydrogen) atoms. The topological polar surface area (TPSA) is 36.4 Å². The Hall–Kier alpha value is -1.98. The first-order chi connectivity index (χ1) is 10.6. The van der Waals surface area contributed by atoms with Crippen molar-refractivity contribution < 1.29 is 4.39 Å². The summed E-state index contributed by atoms with van der Waals surface area (Å²) in [5.41, 5.74) is 5.14. The van der Waals surface area contributed by atoms with Crippen LogP contribution in [-0.4, -0.2) is 10.8 Å². The summed E-state index contributed by atoms with van der Waals surface area (Å²) in [4.78, 5) is 0. The average Bonchev–Trinajstić information content (AvgIpc) is 2.51. The van der Waals surface area contributed by atoms with E-state index in [1.807, 2.05) is 30.3 Å². The quantitative estimate of drug-likeness (QED) is 0.506. The predicted molar refractivity (Wildman–Crippen MR) is 92.6 cm³/mol. The largest absolute Gasteiger partial charge is 0.357 e. The van der Waals surface area contributed by atoms with Crippen molar-refractivity contribution in [1.29, 1.82) is 0 Å². The monoisotopic (exact) mass is 335 g/mol. The first-order valence-corrected chi connectivity index (χ1v) is 7.42. The Bertz CT molecular complexity index is 689. The number of hydrazone groups is 1. The molecule has 0 spiro atoms. The summed E-state index contributed by atoms with van der Waals surface area (Å²) in [6.07, 6.45) is 0. The molecule has 0 radical (unpaired) electrons. The van der Waals surface area contributed by atoms with Crippen molar-refractivity contribution in [2.24, 2.45) is 5.10 Å². The van der Waals surface area contributed by atoms with Crippen LogP contribution < -0.4 is 10.7 Å². The van der Waals surface area contributed by atoms with Crippen LogP contribution in [0.25, 0.3) is 0 Å². The summed E-state index contributed by atoms with van der Waals surface area (Å²) in [5, 5.41) is 7.92. The zero-order valence-electron chi connectivity index (χ0n) is 11.9. The van der Waals surface area contributed by atoms with Gasteiger partial charge in [0, 0.05) is 12.1 Å². The van der Waals surface area contributed by atoms with Gasteiger partial charge in [-0.25, -0.2) is 4.39 Å². The van der Waals surface area contributed by atoms with Crippen molar-refractivity contribution in [3.63, 3.8) is 0 Å². The molecule has 2 N–H and O–H groups in total. The maximum atomic E-state index is 13.0. The van der Waals surface area contributed by atoms with E-state index in [1.165, 1.54) is 12.1 Å². The Morgan fingerprint density at radius 1 is 1.23 bits per heavy atom. The molecule has 0 bridgehead atoms. The van der Waals surface area contributed by atoms with Gasteiger partial charge in [-0.3, -0.25) is 5.43 Å². The van der Waals surface area contributed by atoms with Gasteiger partial charge >= 0.3 is 0 Å². The lowest BCUT2D eigenvalue weighted by Crippen LogP contribution is -2.32. The number of rotatable bonds is 4. The van der Waals surface area contributed by atoms with Gasteiger partial charge in [-0.15, -0.1) is 0 Å². The second-order valence-corrected chi connectivity index (χ2v) is 5.42. The minimum atomic E-state index is -0.380.